The van der Waals surface area contributed by atoms with Crippen LogP contribution in [0, 0.1) is 5.41 Å². The van der Waals surface area contributed by atoms with Crippen molar-refractivity contribution in [2.24, 2.45) is 10.6 Å². The lowest BCUT2D eigenvalue weighted by Crippen LogP contribution is -2.66. The van der Waals surface area contributed by atoms with Crippen LogP contribution in [0.15, 0.2) is 0 Å². The zero-order valence-electron chi connectivity index (χ0n) is 10.2. The Bertz CT molecular complexity index is 537. The SMILES string of the molecule is NS(=O)(=O)CCCN1C(=O)NC(=O)C2(CCC2)C1=O. The molecule has 1 aliphatic carbocycles. The largest absolute Gasteiger partial charge is 0.330 e. The minimum absolute atomic E-state index is 0.0578. The maximum atomic E-state index is 12.2. The molecule has 8 nitrogen and oxygen atoms in total. The van der Waals surface area contributed by atoms with Crippen molar-refractivity contribution in [3.05, 3.63) is 0 Å². The molecule has 106 valence electrons. The van der Waals surface area contributed by atoms with Gasteiger partial charge in [-0.05, 0) is 19.3 Å². The molecule has 0 aromatic rings. The van der Waals surface area contributed by atoms with Gasteiger partial charge in [0.2, 0.25) is 21.8 Å². The molecular weight excluding hydrogens is 274 g/mol. The van der Waals surface area contributed by atoms with E-state index in [1.165, 1.54) is 0 Å². The highest BCUT2D eigenvalue weighted by molar-refractivity contribution is 7.89. The summed E-state index contributed by atoms with van der Waals surface area (Å²) in [7, 11) is -3.63. The lowest BCUT2D eigenvalue weighted by molar-refractivity contribution is -0.157. The maximum absolute atomic E-state index is 12.2. The number of urea groups is 1. The van der Waals surface area contributed by atoms with Crippen LogP contribution >= 0.6 is 0 Å². The van der Waals surface area contributed by atoms with Crippen LogP contribution in [0.5, 0.6) is 0 Å². The van der Waals surface area contributed by atoms with E-state index in [4.69, 9.17) is 5.14 Å². The number of amides is 4. The second-order valence-electron chi connectivity index (χ2n) is 4.87. The highest BCUT2D eigenvalue weighted by Crippen LogP contribution is 2.44. The smallest absolute Gasteiger partial charge is 0.277 e. The Morgan fingerprint density at radius 3 is 2.37 bits per heavy atom. The molecule has 1 heterocycles. The molecule has 0 atom stereocenters. The van der Waals surface area contributed by atoms with Crippen LogP contribution in [0.4, 0.5) is 4.79 Å². The van der Waals surface area contributed by atoms with Gasteiger partial charge in [0.25, 0.3) is 0 Å². The Morgan fingerprint density at radius 1 is 1.26 bits per heavy atom. The third-order valence-corrected chi connectivity index (χ3v) is 4.43. The van der Waals surface area contributed by atoms with Crippen LogP contribution in [-0.2, 0) is 19.6 Å². The van der Waals surface area contributed by atoms with Crippen LogP contribution in [0.25, 0.3) is 0 Å². The summed E-state index contributed by atoms with van der Waals surface area (Å²) in [5.74, 6) is -1.39. The van der Waals surface area contributed by atoms with Gasteiger partial charge < -0.3 is 0 Å². The molecule has 1 saturated heterocycles. The molecular formula is C10H15N3O5S. The molecule has 2 aliphatic rings. The van der Waals surface area contributed by atoms with Gasteiger partial charge in [-0.25, -0.2) is 18.4 Å². The van der Waals surface area contributed by atoms with Gasteiger partial charge in [0.05, 0.1) is 5.75 Å². The zero-order chi connectivity index (χ0) is 14.3. The molecule has 9 heteroatoms. The maximum Gasteiger partial charge on any atom is 0.330 e. The molecule has 1 saturated carbocycles. The summed E-state index contributed by atoms with van der Waals surface area (Å²) in [6.07, 6.45) is 1.67. The third kappa shape index (κ3) is 2.47. The molecule has 3 N–H and O–H groups in total. The standard InChI is InChI=1S/C10H15N3O5S/c11-19(17,18)6-2-5-13-8(15)10(3-1-4-10)7(14)12-9(13)16/h1-6H2,(H2,11,17,18)(H,12,14,16). The van der Waals surface area contributed by atoms with Crippen molar-refractivity contribution in [1.82, 2.24) is 10.2 Å². The van der Waals surface area contributed by atoms with E-state index in [2.05, 4.69) is 5.32 Å². The van der Waals surface area contributed by atoms with Crippen molar-refractivity contribution >= 4 is 27.9 Å². The molecule has 1 spiro atoms. The minimum atomic E-state index is -3.63. The Labute approximate surface area is 110 Å². The number of carbonyl (C=O) groups is 3. The third-order valence-electron chi connectivity index (χ3n) is 3.57. The molecule has 2 rings (SSSR count). The van der Waals surface area contributed by atoms with Crippen LogP contribution in [0.1, 0.15) is 25.7 Å². The van der Waals surface area contributed by atoms with E-state index >= 15 is 0 Å². The number of imide groups is 2. The Hall–Kier alpha value is -1.48. The van der Waals surface area contributed by atoms with Crippen LogP contribution in [0.2, 0.25) is 0 Å². The van der Waals surface area contributed by atoms with Gasteiger partial charge in [-0.3, -0.25) is 19.8 Å². The normalized spacial score (nSPS) is 22.4. The fourth-order valence-electron chi connectivity index (χ4n) is 2.33. The van der Waals surface area contributed by atoms with Crippen molar-refractivity contribution in [2.45, 2.75) is 25.7 Å². The van der Waals surface area contributed by atoms with Gasteiger partial charge in [-0.15, -0.1) is 0 Å². The topological polar surface area (TPSA) is 127 Å². The Balaban J connectivity index is 2.05. The molecule has 0 radical (unpaired) electrons. The van der Waals surface area contributed by atoms with Gasteiger partial charge in [-0.1, -0.05) is 6.42 Å². The van der Waals surface area contributed by atoms with Crippen molar-refractivity contribution in [3.63, 3.8) is 0 Å². The second kappa shape index (κ2) is 4.57. The lowest BCUT2D eigenvalue weighted by atomic mass is 9.66. The van der Waals surface area contributed by atoms with Crippen molar-refractivity contribution in [2.75, 3.05) is 12.3 Å². The van der Waals surface area contributed by atoms with E-state index < -0.39 is 33.3 Å². The number of barbiturate groups is 1. The van der Waals surface area contributed by atoms with Crippen LogP contribution in [-0.4, -0.2) is 43.5 Å². The summed E-state index contributed by atoms with van der Waals surface area (Å²) >= 11 is 0. The summed E-state index contributed by atoms with van der Waals surface area (Å²) in [6.45, 7) is -0.0594. The number of rotatable bonds is 4. The fraction of sp³-hybridized carbons (Fsp3) is 0.700. The van der Waals surface area contributed by atoms with Gasteiger partial charge in [0, 0.05) is 6.54 Å². The fourth-order valence-corrected chi connectivity index (χ4v) is 2.86. The van der Waals surface area contributed by atoms with E-state index in [0.717, 1.165) is 11.3 Å². The molecule has 0 bridgehead atoms. The first-order valence-corrected chi connectivity index (χ1v) is 7.66. The van der Waals surface area contributed by atoms with Gasteiger partial charge in [0.1, 0.15) is 5.41 Å². The summed E-state index contributed by atoms with van der Waals surface area (Å²) in [4.78, 5) is 36.4. The second-order valence-corrected chi connectivity index (χ2v) is 6.61. The first-order chi connectivity index (χ1) is 8.76. The van der Waals surface area contributed by atoms with E-state index in [9.17, 15) is 22.8 Å². The molecule has 2 fully saturated rings. The van der Waals surface area contributed by atoms with Crippen molar-refractivity contribution in [1.29, 1.82) is 0 Å². The molecule has 1 aliphatic heterocycles. The number of primary sulfonamides is 1. The molecule has 0 aromatic carbocycles. The summed E-state index contributed by atoms with van der Waals surface area (Å²) in [5, 5.41) is 6.99. The van der Waals surface area contributed by atoms with Crippen molar-refractivity contribution < 1.29 is 22.8 Å². The predicted octanol–water partition coefficient (Wildman–Crippen LogP) is -1.09. The number of nitrogens with zero attached hydrogens (tertiary/aromatic N) is 1. The van der Waals surface area contributed by atoms with Gasteiger partial charge in [0.15, 0.2) is 0 Å². The predicted molar refractivity (Wildman–Crippen MR) is 64.1 cm³/mol. The number of hydrogen-bond donors (Lipinski definition) is 2. The molecule has 4 amide bonds. The summed E-state index contributed by atoms with van der Waals surface area (Å²) < 4.78 is 21.6. The monoisotopic (exact) mass is 289 g/mol. The average Bonchev–Trinajstić information content (AvgIpc) is 2.19. The van der Waals surface area contributed by atoms with E-state index in [-0.39, 0.29) is 18.7 Å². The van der Waals surface area contributed by atoms with E-state index in [1.54, 1.807) is 0 Å². The van der Waals surface area contributed by atoms with E-state index in [0.29, 0.717) is 12.8 Å². The Morgan fingerprint density at radius 2 is 1.89 bits per heavy atom. The minimum Gasteiger partial charge on any atom is -0.277 e. The molecule has 19 heavy (non-hydrogen) atoms. The van der Waals surface area contributed by atoms with E-state index in [1.807, 2.05) is 0 Å². The highest BCUT2D eigenvalue weighted by Gasteiger charge is 2.57. The number of carbonyl (C=O) groups excluding carboxylic acids is 3. The van der Waals surface area contributed by atoms with Gasteiger partial charge >= 0.3 is 6.03 Å². The van der Waals surface area contributed by atoms with Crippen molar-refractivity contribution in [3.8, 4) is 0 Å². The number of nitrogens with two attached hydrogens (primary N) is 1. The first kappa shape index (κ1) is 13.9. The Kier molecular flexibility index (Phi) is 3.35. The number of sulfonamides is 1. The van der Waals surface area contributed by atoms with Gasteiger partial charge in [-0.2, -0.15) is 0 Å². The van der Waals surface area contributed by atoms with Crippen LogP contribution < -0.4 is 10.5 Å². The molecule has 0 aromatic heterocycles. The summed E-state index contributed by atoms with van der Waals surface area (Å²) in [6, 6.07) is -0.790. The number of hydrogen-bond acceptors (Lipinski definition) is 5. The average molecular weight is 289 g/mol. The first-order valence-electron chi connectivity index (χ1n) is 5.94. The quantitative estimate of drug-likeness (QED) is 0.636. The highest BCUT2D eigenvalue weighted by atomic mass is 32.2. The summed E-state index contributed by atoms with van der Waals surface area (Å²) in [5.41, 5.74) is -1.12. The molecule has 0 unspecified atom stereocenters. The zero-order valence-corrected chi connectivity index (χ0v) is 11.0. The van der Waals surface area contributed by atoms with Crippen LogP contribution in [0.3, 0.4) is 0 Å². The number of nitrogens with one attached hydrogen (secondary N) is 1. The lowest BCUT2D eigenvalue weighted by Gasteiger charge is -2.44.